The van der Waals surface area contributed by atoms with Crippen molar-refractivity contribution in [1.29, 1.82) is 0 Å². The molecule has 0 saturated heterocycles. The standard InChI is InChI=1S/C13H21NOS/c1-3-14-11(7-6-10-4-5-10)13-12(15-2)8-9-16-13/h8-11,14H,3-7H2,1-2H3. The largest absolute Gasteiger partial charge is 0.496 e. The van der Waals surface area contributed by atoms with Crippen LogP contribution in [0.3, 0.4) is 0 Å². The molecule has 1 aromatic rings. The summed E-state index contributed by atoms with van der Waals surface area (Å²) in [7, 11) is 1.76. The van der Waals surface area contributed by atoms with Gasteiger partial charge >= 0.3 is 0 Å². The first kappa shape index (κ1) is 11.9. The Hall–Kier alpha value is -0.540. The van der Waals surface area contributed by atoms with Crippen molar-refractivity contribution >= 4 is 11.3 Å². The van der Waals surface area contributed by atoms with E-state index in [1.807, 2.05) is 0 Å². The molecule has 1 saturated carbocycles. The summed E-state index contributed by atoms with van der Waals surface area (Å²) in [5.41, 5.74) is 0. The molecule has 0 radical (unpaired) electrons. The lowest BCUT2D eigenvalue weighted by Gasteiger charge is -2.17. The molecule has 1 N–H and O–H groups in total. The number of hydrogen-bond donors (Lipinski definition) is 1. The molecule has 0 aromatic carbocycles. The molecule has 0 spiro atoms. The van der Waals surface area contributed by atoms with E-state index in [-0.39, 0.29) is 0 Å². The molecule has 0 amide bonds. The van der Waals surface area contributed by atoms with E-state index < -0.39 is 0 Å². The predicted molar refractivity (Wildman–Crippen MR) is 69.2 cm³/mol. The van der Waals surface area contributed by atoms with Crippen LogP contribution in [0.15, 0.2) is 11.4 Å². The van der Waals surface area contributed by atoms with E-state index in [0.717, 1.165) is 18.2 Å². The Labute approximate surface area is 102 Å². The van der Waals surface area contributed by atoms with E-state index in [1.54, 1.807) is 18.4 Å². The van der Waals surface area contributed by atoms with Crippen LogP contribution in [-0.2, 0) is 0 Å². The van der Waals surface area contributed by atoms with E-state index in [2.05, 4.69) is 23.7 Å². The second kappa shape index (κ2) is 5.69. The van der Waals surface area contributed by atoms with E-state index in [4.69, 9.17) is 4.74 Å². The molecule has 1 aromatic heterocycles. The summed E-state index contributed by atoms with van der Waals surface area (Å²) in [5.74, 6) is 2.05. The minimum atomic E-state index is 0.487. The maximum Gasteiger partial charge on any atom is 0.134 e. The molecule has 0 aliphatic heterocycles. The third-order valence-electron chi connectivity index (χ3n) is 3.20. The van der Waals surface area contributed by atoms with Gasteiger partial charge in [0.05, 0.1) is 12.0 Å². The fourth-order valence-electron chi connectivity index (χ4n) is 2.11. The van der Waals surface area contributed by atoms with E-state index >= 15 is 0 Å². The summed E-state index contributed by atoms with van der Waals surface area (Å²) in [6, 6.07) is 2.56. The SMILES string of the molecule is CCNC(CCC1CC1)c1sccc1OC. The Bertz CT molecular complexity index is 319. The molecule has 1 unspecified atom stereocenters. The zero-order valence-electron chi connectivity index (χ0n) is 10.2. The van der Waals surface area contributed by atoms with Gasteiger partial charge < -0.3 is 10.1 Å². The molecule has 1 aliphatic carbocycles. The average molecular weight is 239 g/mol. The van der Waals surface area contributed by atoms with Gasteiger partial charge in [-0.25, -0.2) is 0 Å². The zero-order chi connectivity index (χ0) is 11.4. The van der Waals surface area contributed by atoms with Gasteiger partial charge in [-0.1, -0.05) is 19.8 Å². The maximum atomic E-state index is 5.41. The molecule has 1 aliphatic rings. The smallest absolute Gasteiger partial charge is 0.134 e. The van der Waals surface area contributed by atoms with Crippen molar-refractivity contribution in [3.63, 3.8) is 0 Å². The number of ether oxygens (including phenoxy) is 1. The lowest BCUT2D eigenvalue weighted by molar-refractivity contribution is 0.397. The molecule has 0 bridgehead atoms. The highest BCUT2D eigenvalue weighted by atomic mass is 32.1. The second-order valence-electron chi connectivity index (χ2n) is 4.48. The zero-order valence-corrected chi connectivity index (χ0v) is 11.0. The van der Waals surface area contributed by atoms with Crippen LogP contribution >= 0.6 is 11.3 Å². The molecule has 1 heterocycles. The predicted octanol–water partition coefficient (Wildman–Crippen LogP) is 3.60. The van der Waals surface area contributed by atoms with Crippen molar-refractivity contribution in [1.82, 2.24) is 5.32 Å². The summed E-state index contributed by atoms with van der Waals surface area (Å²) in [6.07, 6.45) is 5.49. The number of methoxy groups -OCH3 is 1. The van der Waals surface area contributed by atoms with Crippen LogP contribution in [0.1, 0.15) is 43.5 Å². The Morgan fingerprint density at radius 1 is 1.56 bits per heavy atom. The highest BCUT2D eigenvalue weighted by Crippen LogP contribution is 2.38. The van der Waals surface area contributed by atoms with Crippen molar-refractivity contribution in [2.24, 2.45) is 5.92 Å². The molecular weight excluding hydrogens is 218 g/mol. The fourth-order valence-corrected chi connectivity index (χ4v) is 3.08. The van der Waals surface area contributed by atoms with Gasteiger partial charge in [0.1, 0.15) is 5.75 Å². The maximum absolute atomic E-state index is 5.41. The van der Waals surface area contributed by atoms with Gasteiger partial charge in [-0.05, 0) is 36.8 Å². The molecule has 1 atom stereocenters. The van der Waals surface area contributed by atoms with Gasteiger partial charge in [-0.15, -0.1) is 11.3 Å². The van der Waals surface area contributed by atoms with Crippen LogP contribution in [0.25, 0.3) is 0 Å². The lowest BCUT2D eigenvalue weighted by atomic mass is 10.1. The Balaban J connectivity index is 1.98. The number of thiophene rings is 1. The first-order valence-electron chi connectivity index (χ1n) is 6.20. The monoisotopic (exact) mass is 239 g/mol. The normalized spacial score (nSPS) is 17.4. The van der Waals surface area contributed by atoms with Crippen molar-refractivity contribution < 1.29 is 4.74 Å². The first-order valence-corrected chi connectivity index (χ1v) is 7.07. The van der Waals surface area contributed by atoms with E-state index in [1.165, 1.54) is 30.6 Å². The highest BCUT2D eigenvalue weighted by molar-refractivity contribution is 7.10. The summed E-state index contributed by atoms with van der Waals surface area (Å²) in [6.45, 7) is 3.20. The number of rotatable bonds is 7. The van der Waals surface area contributed by atoms with E-state index in [9.17, 15) is 0 Å². The Kier molecular flexibility index (Phi) is 4.24. The fraction of sp³-hybridized carbons (Fsp3) is 0.692. The van der Waals surface area contributed by atoms with Crippen molar-refractivity contribution in [3.8, 4) is 5.75 Å². The molecule has 1 fully saturated rings. The Morgan fingerprint density at radius 2 is 2.38 bits per heavy atom. The van der Waals surface area contributed by atoms with Crippen LogP contribution in [-0.4, -0.2) is 13.7 Å². The first-order chi connectivity index (χ1) is 7.85. The third-order valence-corrected chi connectivity index (χ3v) is 4.22. The lowest BCUT2D eigenvalue weighted by Crippen LogP contribution is -2.20. The van der Waals surface area contributed by atoms with Crippen LogP contribution < -0.4 is 10.1 Å². The van der Waals surface area contributed by atoms with Crippen molar-refractivity contribution in [3.05, 3.63) is 16.3 Å². The van der Waals surface area contributed by atoms with Crippen LogP contribution in [0.5, 0.6) is 5.75 Å². The minimum Gasteiger partial charge on any atom is -0.496 e. The molecule has 2 nitrogen and oxygen atoms in total. The number of nitrogens with one attached hydrogen (secondary N) is 1. The second-order valence-corrected chi connectivity index (χ2v) is 5.43. The van der Waals surface area contributed by atoms with Crippen molar-refractivity contribution in [2.75, 3.05) is 13.7 Å². The molecule has 16 heavy (non-hydrogen) atoms. The van der Waals surface area contributed by atoms with Gasteiger partial charge in [0.15, 0.2) is 0 Å². The van der Waals surface area contributed by atoms with Gasteiger partial charge in [0.25, 0.3) is 0 Å². The van der Waals surface area contributed by atoms with Gasteiger partial charge in [-0.3, -0.25) is 0 Å². The van der Waals surface area contributed by atoms with Gasteiger partial charge in [0.2, 0.25) is 0 Å². The van der Waals surface area contributed by atoms with Crippen LogP contribution in [0, 0.1) is 5.92 Å². The quantitative estimate of drug-likeness (QED) is 0.785. The molecule has 90 valence electrons. The van der Waals surface area contributed by atoms with Gasteiger partial charge in [0, 0.05) is 6.04 Å². The van der Waals surface area contributed by atoms with Crippen molar-refractivity contribution in [2.45, 2.75) is 38.6 Å². The summed E-state index contributed by atoms with van der Waals surface area (Å²) in [5, 5.41) is 5.69. The summed E-state index contributed by atoms with van der Waals surface area (Å²) < 4.78 is 5.41. The molecular formula is C13H21NOS. The van der Waals surface area contributed by atoms with Gasteiger partial charge in [-0.2, -0.15) is 0 Å². The van der Waals surface area contributed by atoms with Crippen LogP contribution in [0.4, 0.5) is 0 Å². The topological polar surface area (TPSA) is 21.3 Å². The minimum absolute atomic E-state index is 0.487. The molecule has 2 rings (SSSR count). The summed E-state index contributed by atoms with van der Waals surface area (Å²) >= 11 is 1.81. The summed E-state index contributed by atoms with van der Waals surface area (Å²) in [4.78, 5) is 1.37. The molecule has 3 heteroatoms. The van der Waals surface area contributed by atoms with Crippen LogP contribution in [0.2, 0.25) is 0 Å². The third kappa shape index (κ3) is 2.98. The van der Waals surface area contributed by atoms with E-state index in [0.29, 0.717) is 6.04 Å². The average Bonchev–Trinajstić information content (AvgIpc) is 3.00. The Morgan fingerprint density at radius 3 is 3.00 bits per heavy atom. The highest BCUT2D eigenvalue weighted by Gasteiger charge is 2.24. The number of hydrogen-bond acceptors (Lipinski definition) is 3.